The van der Waals surface area contributed by atoms with E-state index in [1.54, 1.807) is 11.3 Å². The van der Waals surface area contributed by atoms with Gasteiger partial charge in [-0.3, -0.25) is 4.79 Å². The Hall–Kier alpha value is -0.630. The van der Waals surface area contributed by atoms with E-state index >= 15 is 0 Å². The molecule has 1 aliphatic rings. The molecule has 0 aliphatic heterocycles. The predicted octanol–water partition coefficient (Wildman–Crippen LogP) is 2.97. The van der Waals surface area contributed by atoms with Crippen molar-refractivity contribution in [2.75, 3.05) is 0 Å². The zero-order valence-electron chi connectivity index (χ0n) is 8.09. The minimum atomic E-state index is 0.0375. The average molecular weight is 194 g/mol. The van der Waals surface area contributed by atoms with Crippen LogP contribution in [0, 0.1) is 12.3 Å². The number of hydrogen-bond donors (Lipinski definition) is 0. The molecular weight excluding hydrogens is 180 g/mol. The van der Waals surface area contributed by atoms with Gasteiger partial charge in [0, 0.05) is 16.7 Å². The first-order valence-corrected chi connectivity index (χ1v) is 5.55. The maximum Gasteiger partial charge on any atom is 0.143 e. The zero-order chi connectivity index (χ0) is 9.47. The standard InChI is InChI=1S/C11H14OS/c1-8-5-9(7-13-8)6-10(12)11(2)3-4-11/h5,7H,3-4,6H2,1-2H3. The van der Waals surface area contributed by atoms with Gasteiger partial charge in [-0.15, -0.1) is 11.3 Å². The number of hydrogen-bond acceptors (Lipinski definition) is 2. The Kier molecular flexibility index (Phi) is 2.03. The van der Waals surface area contributed by atoms with Crippen molar-refractivity contribution in [1.82, 2.24) is 0 Å². The van der Waals surface area contributed by atoms with E-state index in [0.717, 1.165) is 12.8 Å². The van der Waals surface area contributed by atoms with Crippen molar-refractivity contribution in [3.05, 3.63) is 21.9 Å². The topological polar surface area (TPSA) is 17.1 Å². The molecule has 1 aromatic rings. The highest BCUT2D eigenvalue weighted by molar-refractivity contribution is 7.10. The van der Waals surface area contributed by atoms with Gasteiger partial charge in [-0.25, -0.2) is 0 Å². The Morgan fingerprint density at radius 1 is 1.62 bits per heavy atom. The molecule has 1 aliphatic carbocycles. The number of rotatable bonds is 3. The lowest BCUT2D eigenvalue weighted by atomic mass is 9.98. The molecule has 0 aromatic carbocycles. The Bertz CT molecular complexity index is 334. The number of aryl methyl sites for hydroxylation is 1. The summed E-state index contributed by atoms with van der Waals surface area (Å²) in [6, 6.07) is 2.12. The first kappa shape index (κ1) is 8.95. The Morgan fingerprint density at radius 2 is 2.31 bits per heavy atom. The predicted molar refractivity (Wildman–Crippen MR) is 55.1 cm³/mol. The van der Waals surface area contributed by atoms with Crippen LogP contribution in [0.4, 0.5) is 0 Å². The fourth-order valence-corrected chi connectivity index (χ4v) is 2.16. The monoisotopic (exact) mass is 194 g/mol. The van der Waals surface area contributed by atoms with Crippen LogP contribution < -0.4 is 0 Å². The quantitative estimate of drug-likeness (QED) is 0.723. The van der Waals surface area contributed by atoms with E-state index in [9.17, 15) is 4.79 Å². The van der Waals surface area contributed by atoms with E-state index in [4.69, 9.17) is 0 Å². The zero-order valence-corrected chi connectivity index (χ0v) is 8.91. The Labute approximate surface area is 82.8 Å². The third kappa shape index (κ3) is 1.83. The van der Waals surface area contributed by atoms with E-state index in [1.807, 2.05) is 0 Å². The number of thiophene rings is 1. The first-order chi connectivity index (χ1) is 6.10. The van der Waals surface area contributed by atoms with Gasteiger partial charge < -0.3 is 0 Å². The molecule has 0 bridgehead atoms. The van der Waals surface area contributed by atoms with E-state index in [-0.39, 0.29) is 5.41 Å². The second-order valence-corrected chi connectivity index (χ2v) is 5.34. The van der Waals surface area contributed by atoms with Crippen LogP contribution in [-0.4, -0.2) is 5.78 Å². The summed E-state index contributed by atoms with van der Waals surface area (Å²) in [5.41, 5.74) is 1.23. The van der Waals surface area contributed by atoms with E-state index in [1.165, 1.54) is 10.4 Å². The number of carbonyl (C=O) groups is 1. The van der Waals surface area contributed by atoms with Gasteiger partial charge in [0.25, 0.3) is 0 Å². The molecule has 1 aromatic heterocycles. The van der Waals surface area contributed by atoms with Gasteiger partial charge in [0.05, 0.1) is 0 Å². The van der Waals surface area contributed by atoms with Gasteiger partial charge in [-0.1, -0.05) is 6.92 Å². The van der Waals surface area contributed by atoms with E-state index < -0.39 is 0 Å². The lowest BCUT2D eigenvalue weighted by Gasteiger charge is -2.04. The second kappa shape index (κ2) is 2.95. The van der Waals surface area contributed by atoms with E-state index in [0.29, 0.717) is 12.2 Å². The average Bonchev–Trinajstić information content (AvgIpc) is 2.69. The van der Waals surface area contributed by atoms with Crippen LogP contribution in [-0.2, 0) is 11.2 Å². The fraction of sp³-hybridized carbons (Fsp3) is 0.545. The van der Waals surface area contributed by atoms with Crippen molar-refractivity contribution in [2.24, 2.45) is 5.41 Å². The summed E-state index contributed by atoms with van der Waals surface area (Å²) >= 11 is 1.73. The van der Waals surface area contributed by atoms with Crippen molar-refractivity contribution in [2.45, 2.75) is 33.1 Å². The largest absolute Gasteiger partial charge is 0.299 e. The molecule has 0 amide bonds. The summed E-state index contributed by atoms with van der Waals surface area (Å²) in [5, 5.41) is 2.10. The van der Waals surface area contributed by atoms with Crippen molar-refractivity contribution < 1.29 is 4.79 Å². The summed E-state index contributed by atoms with van der Waals surface area (Å²) in [5.74, 6) is 0.422. The van der Waals surface area contributed by atoms with Crippen LogP contribution in [0.2, 0.25) is 0 Å². The number of ketones is 1. The van der Waals surface area contributed by atoms with Gasteiger partial charge in [-0.2, -0.15) is 0 Å². The summed E-state index contributed by atoms with van der Waals surface area (Å²) in [6.45, 7) is 4.16. The van der Waals surface area contributed by atoms with Gasteiger partial charge in [0.1, 0.15) is 5.78 Å². The van der Waals surface area contributed by atoms with Crippen molar-refractivity contribution in [1.29, 1.82) is 0 Å². The van der Waals surface area contributed by atoms with Gasteiger partial charge in [0.2, 0.25) is 0 Å². The molecule has 1 fully saturated rings. The van der Waals surface area contributed by atoms with E-state index in [2.05, 4.69) is 25.3 Å². The minimum Gasteiger partial charge on any atom is -0.299 e. The summed E-state index contributed by atoms with van der Waals surface area (Å²) in [7, 11) is 0. The first-order valence-electron chi connectivity index (χ1n) is 4.67. The molecule has 0 radical (unpaired) electrons. The van der Waals surface area contributed by atoms with Gasteiger partial charge in [-0.05, 0) is 36.8 Å². The van der Waals surface area contributed by atoms with Crippen molar-refractivity contribution in [3.8, 4) is 0 Å². The molecule has 13 heavy (non-hydrogen) atoms. The fourth-order valence-electron chi connectivity index (χ4n) is 1.46. The summed E-state index contributed by atoms with van der Waals surface area (Å²) in [6.07, 6.45) is 2.82. The Balaban J connectivity index is 2.02. The molecule has 0 unspecified atom stereocenters. The van der Waals surface area contributed by atoms with Crippen LogP contribution in [0.1, 0.15) is 30.2 Å². The highest BCUT2D eigenvalue weighted by Gasteiger charge is 2.43. The molecule has 1 nitrogen and oxygen atoms in total. The van der Waals surface area contributed by atoms with Crippen LogP contribution in [0.25, 0.3) is 0 Å². The SMILES string of the molecule is Cc1cc(CC(=O)C2(C)CC2)cs1. The molecule has 2 rings (SSSR count). The molecule has 0 N–H and O–H groups in total. The molecule has 0 atom stereocenters. The smallest absolute Gasteiger partial charge is 0.143 e. The highest BCUT2D eigenvalue weighted by Crippen LogP contribution is 2.46. The molecule has 0 saturated heterocycles. The minimum absolute atomic E-state index is 0.0375. The lowest BCUT2D eigenvalue weighted by Crippen LogP contribution is -2.13. The third-order valence-electron chi connectivity index (χ3n) is 2.82. The van der Waals surface area contributed by atoms with Crippen LogP contribution in [0.5, 0.6) is 0 Å². The maximum atomic E-state index is 11.7. The van der Waals surface area contributed by atoms with Gasteiger partial charge >= 0.3 is 0 Å². The molecule has 1 heterocycles. The maximum absolute atomic E-state index is 11.7. The normalized spacial score (nSPS) is 18.6. The number of carbonyl (C=O) groups excluding carboxylic acids is 1. The Morgan fingerprint density at radius 3 is 2.77 bits per heavy atom. The lowest BCUT2D eigenvalue weighted by molar-refractivity contribution is -0.122. The molecule has 70 valence electrons. The molecular formula is C11H14OS. The summed E-state index contributed by atoms with van der Waals surface area (Å²) in [4.78, 5) is 13.0. The molecule has 0 spiro atoms. The number of Topliss-reactive ketones (excluding diaryl/α,β-unsaturated/α-hetero) is 1. The van der Waals surface area contributed by atoms with Gasteiger partial charge in [0.15, 0.2) is 0 Å². The van der Waals surface area contributed by atoms with Crippen LogP contribution >= 0.6 is 11.3 Å². The van der Waals surface area contributed by atoms with Crippen molar-refractivity contribution in [3.63, 3.8) is 0 Å². The third-order valence-corrected chi connectivity index (χ3v) is 3.73. The van der Waals surface area contributed by atoms with Crippen LogP contribution in [0.3, 0.4) is 0 Å². The highest BCUT2D eigenvalue weighted by atomic mass is 32.1. The van der Waals surface area contributed by atoms with Crippen LogP contribution in [0.15, 0.2) is 11.4 Å². The van der Waals surface area contributed by atoms with Crippen molar-refractivity contribution >= 4 is 17.1 Å². The summed E-state index contributed by atoms with van der Waals surface area (Å²) < 4.78 is 0. The second-order valence-electron chi connectivity index (χ2n) is 4.23. The molecule has 2 heteroatoms. The molecule has 1 saturated carbocycles.